The van der Waals surface area contributed by atoms with E-state index in [1.807, 2.05) is 49.3 Å². The van der Waals surface area contributed by atoms with E-state index in [1.54, 1.807) is 13.2 Å². The third-order valence-electron chi connectivity index (χ3n) is 3.89. The highest BCUT2D eigenvalue weighted by molar-refractivity contribution is 5.79. The predicted molar refractivity (Wildman–Crippen MR) is 92.5 cm³/mol. The van der Waals surface area contributed by atoms with Crippen molar-refractivity contribution in [2.45, 2.75) is 12.5 Å². The van der Waals surface area contributed by atoms with Gasteiger partial charge in [0.1, 0.15) is 11.6 Å². The number of amides is 1. The van der Waals surface area contributed by atoms with Crippen molar-refractivity contribution in [1.29, 1.82) is 0 Å². The molecule has 2 aromatic rings. The van der Waals surface area contributed by atoms with Crippen LogP contribution in [0.1, 0.15) is 17.2 Å². The Morgan fingerprint density at radius 3 is 2.62 bits per heavy atom. The highest BCUT2D eigenvalue weighted by atomic mass is 19.1. The molecular weight excluding hydrogens is 307 g/mol. The molecule has 0 saturated heterocycles. The number of methoxy groups -OCH3 is 1. The molecule has 128 valence electrons. The standard InChI is InChI=1S/C19H23FN2O2/c1-22(2)17(14-8-6-9-16(20)11-14)13-21-19(23)12-15-7-4-5-10-18(15)24-3/h4-11,17H,12-13H2,1-3H3,(H,21,23). The molecule has 2 rings (SSSR count). The first-order valence-electron chi connectivity index (χ1n) is 7.81. The largest absolute Gasteiger partial charge is 0.496 e. The maximum atomic E-state index is 13.4. The first-order valence-corrected chi connectivity index (χ1v) is 7.81. The van der Waals surface area contributed by atoms with Crippen LogP contribution in [0.15, 0.2) is 48.5 Å². The van der Waals surface area contributed by atoms with E-state index in [-0.39, 0.29) is 24.2 Å². The Bertz CT molecular complexity index is 689. The zero-order valence-electron chi connectivity index (χ0n) is 14.3. The number of halogens is 1. The van der Waals surface area contributed by atoms with Crippen molar-refractivity contribution < 1.29 is 13.9 Å². The van der Waals surface area contributed by atoms with Crippen LogP contribution in [0.5, 0.6) is 5.75 Å². The normalized spacial score (nSPS) is 12.0. The number of nitrogens with zero attached hydrogens (tertiary/aromatic N) is 1. The lowest BCUT2D eigenvalue weighted by Crippen LogP contribution is -2.35. The van der Waals surface area contributed by atoms with Crippen LogP contribution in [0.2, 0.25) is 0 Å². The molecule has 2 aromatic carbocycles. The Morgan fingerprint density at radius 2 is 1.96 bits per heavy atom. The van der Waals surface area contributed by atoms with Gasteiger partial charge >= 0.3 is 0 Å². The molecule has 0 spiro atoms. The van der Waals surface area contributed by atoms with Crippen molar-refractivity contribution in [2.24, 2.45) is 0 Å². The van der Waals surface area contributed by atoms with Gasteiger partial charge in [0.05, 0.1) is 19.6 Å². The van der Waals surface area contributed by atoms with Gasteiger partial charge in [-0.3, -0.25) is 4.79 Å². The Labute approximate surface area is 142 Å². The van der Waals surface area contributed by atoms with Crippen LogP contribution in [0.3, 0.4) is 0 Å². The fraction of sp³-hybridized carbons (Fsp3) is 0.316. The maximum Gasteiger partial charge on any atom is 0.224 e. The summed E-state index contributed by atoms with van der Waals surface area (Å²) in [5.41, 5.74) is 1.67. The van der Waals surface area contributed by atoms with Crippen molar-refractivity contribution in [3.63, 3.8) is 0 Å². The van der Waals surface area contributed by atoms with Crippen molar-refractivity contribution in [1.82, 2.24) is 10.2 Å². The van der Waals surface area contributed by atoms with Crippen molar-refractivity contribution in [3.05, 3.63) is 65.5 Å². The summed E-state index contributed by atoms with van der Waals surface area (Å²) in [6.07, 6.45) is 0.243. The minimum atomic E-state index is -0.278. The summed E-state index contributed by atoms with van der Waals surface area (Å²) in [6, 6.07) is 13.8. The minimum absolute atomic E-state index is 0.0947. The van der Waals surface area contributed by atoms with Crippen LogP contribution < -0.4 is 10.1 Å². The number of likely N-dealkylation sites (N-methyl/N-ethyl adjacent to an activating group) is 1. The summed E-state index contributed by atoms with van der Waals surface area (Å²) >= 11 is 0. The van der Waals surface area contributed by atoms with E-state index in [1.165, 1.54) is 12.1 Å². The van der Waals surface area contributed by atoms with Gasteiger partial charge in [-0.2, -0.15) is 0 Å². The first kappa shape index (κ1) is 17.9. The number of rotatable bonds is 7. The number of benzene rings is 2. The van der Waals surface area contributed by atoms with Gasteiger partial charge < -0.3 is 15.0 Å². The second kappa shape index (κ2) is 8.45. The van der Waals surface area contributed by atoms with E-state index in [0.29, 0.717) is 12.3 Å². The van der Waals surface area contributed by atoms with Crippen LogP contribution >= 0.6 is 0 Å². The molecule has 0 aliphatic carbocycles. The van der Waals surface area contributed by atoms with Gasteiger partial charge in [-0.15, -0.1) is 0 Å². The van der Waals surface area contributed by atoms with Crippen LogP contribution in [0, 0.1) is 5.82 Å². The lowest BCUT2D eigenvalue weighted by Gasteiger charge is -2.25. The number of para-hydroxylation sites is 1. The van der Waals surface area contributed by atoms with Gasteiger partial charge in [-0.25, -0.2) is 4.39 Å². The Morgan fingerprint density at radius 1 is 1.21 bits per heavy atom. The topological polar surface area (TPSA) is 41.6 Å². The van der Waals surface area contributed by atoms with E-state index >= 15 is 0 Å². The van der Waals surface area contributed by atoms with Crippen molar-refractivity contribution in [2.75, 3.05) is 27.7 Å². The van der Waals surface area contributed by atoms with E-state index < -0.39 is 0 Å². The summed E-state index contributed by atoms with van der Waals surface area (Å²) in [5.74, 6) is 0.324. The second-order valence-corrected chi connectivity index (χ2v) is 5.83. The summed E-state index contributed by atoms with van der Waals surface area (Å²) < 4.78 is 18.7. The van der Waals surface area contributed by atoms with Crippen LogP contribution in [0.4, 0.5) is 4.39 Å². The van der Waals surface area contributed by atoms with Crippen LogP contribution in [0.25, 0.3) is 0 Å². The van der Waals surface area contributed by atoms with E-state index in [0.717, 1.165) is 11.1 Å². The van der Waals surface area contributed by atoms with Gasteiger partial charge in [0.15, 0.2) is 0 Å². The van der Waals surface area contributed by atoms with Gasteiger partial charge in [-0.05, 0) is 37.9 Å². The minimum Gasteiger partial charge on any atom is -0.496 e. The Kier molecular flexibility index (Phi) is 6.32. The van der Waals surface area contributed by atoms with Crippen molar-refractivity contribution in [3.8, 4) is 5.75 Å². The summed E-state index contributed by atoms with van der Waals surface area (Å²) in [4.78, 5) is 14.2. The highest BCUT2D eigenvalue weighted by Crippen LogP contribution is 2.19. The number of carbonyl (C=O) groups is 1. The highest BCUT2D eigenvalue weighted by Gasteiger charge is 2.16. The lowest BCUT2D eigenvalue weighted by atomic mass is 10.1. The molecule has 0 aliphatic heterocycles. The molecule has 0 aromatic heterocycles. The average molecular weight is 330 g/mol. The van der Waals surface area contributed by atoms with Gasteiger partial charge in [-0.1, -0.05) is 30.3 Å². The molecule has 1 unspecified atom stereocenters. The summed E-state index contributed by atoms with van der Waals surface area (Å²) in [7, 11) is 5.40. The smallest absolute Gasteiger partial charge is 0.224 e. The zero-order chi connectivity index (χ0) is 17.5. The second-order valence-electron chi connectivity index (χ2n) is 5.83. The number of hydrogen-bond donors (Lipinski definition) is 1. The molecular formula is C19H23FN2O2. The zero-order valence-corrected chi connectivity index (χ0v) is 14.3. The molecule has 0 saturated carbocycles. The quantitative estimate of drug-likeness (QED) is 0.849. The number of nitrogens with one attached hydrogen (secondary N) is 1. The first-order chi connectivity index (χ1) is 11.5. The Balaban J connectivity index is 2.00. The summed E-state index contributed by atoms with van der Waals surface area (Å²) in [5, 5.41) is 2.92. The van der Waals surface area contributed by atoms with Crippen LogP contribution in [-0.4, -0.2) is 38.6 Å². The molecule has 24 heavy (non-hydrogen) atoms. The number of ether oxygens (including phenoxy) is 1. The number of carbonyl (C=O) groups excluding carboxylic acids is 1. The third-order valence-corrected chi connectivity index (χ3v) is 3.89. The monoisotopic (exact) mass is 330 g/mol. The molecule has 1 amide bonds. The molecule has 4 nitrogen and oxygen atoms in total. The van der Waals surface area contributed by atoms with Gasteiger partial charge in [0.25, 0.3) is 0 Å². The molecule has 0 aliphatic rings. The van der Waals surface area contributed by atoms with Gasteiger partial charge in [0.2, 0.25) is 5.91 Å². The van der Waals surface area contributed by atoms with Gasteiger partial charge in [0, 0.05) is 12.1 Å². The average Bonchev–Trinajstić information content (AvgIpc) is 2.55. The SMILES string of the molecule is COc1ccccc1CC(=O)NCC(c1cccc(F)c1)N(C)C. The number of hydrogen-bond acceptors (Lipinski definition) is 3. The molecule has 1 N–H and O–H groups in total. The predicted octanol–water partition coefficient (Wildman–Crippen LogP) is 2.80. The third kappa shape index (κ3) is 4.80. The molecule has 1 atom stereocenters. The summed E-state index contributed by atoms with van der Waals surface area (Å²) in [6.45, 7) is 0.407. The van der Waals surface area contributed by atoms with E-state index in [9.17, 15) is 9.18 Å². The fourth-order valence-corrected chi connectivity index (χ4v) is 2.61. The molecule has 0 bridgehead atoms. The molecule has 0 heterocycles. The van der Waals surface area contributed by atoms with Crippen LogP contribution in [-0.2, 0) is 11.2 Å². The fourth-order valence-electron chi connectivity index (χ4n) is 2.61. The molecule has 5 heteroatoms. The Hall–Kier alpha value is -2.40. The molecule has 0 radical (unpaired) electrons. The van der Waals surface area contributed by atoms with E-state index in [2.05, 4.69) is 5.32 Å². The molecule has 0 fully saturated rings. The van der Waals surface area contributed by atoms with Crippen molar-refractivity contribution >= 4 is 5.91 Å². The van der Waals surface area contributed by atoms with E-state index in [4.69, 9.17) is 4.74 Å². The lowest BCUT2D eigenvalue weighted by molar-refractivity contribution is -0.120. The maximum absolute atomic E-state index is 13.4.